The maximum Gasteiger partial charge on any atom is 0.119 e. The summed E-state index contributed by atoms with van der Waals surface area (Å²) in [6, 6.07) is 9.48. The van der Waals surface area contributed by atoms with Gasteiger partial charge in [-0.2, -0.15) is 0 Å². The fourth-order valence-corrected chi connectivity index (χ4v) is 2.80. The summed E-state index contributed by atoms with van der Waals surface area (Å²) in [5, 5.41) is 23.6. The van der Waals surface area contributed by atoms with Gasteiger partial charge < -0.3 is 20.3 Å². The van der Waals surface area contributed by atoms with Gasteiger partial charge in [-0.15, -0.1) is 0 Å². The van der Waals surface area contributed by atoms with Crippen LogP contribution in [0.1, 0.15) is 38.5 Å². The molecule has 0 radical (unpaired) electrons. The molecule has 1 aromatic carbocycles. The summed E-state index contributed by atoms with van der Waals surface area (Å²) in [7, 11) is 0. The minimum atomic E-state index is -0.601. The molecule has 1 fully saturated rings. The maximum absolute atomic E-state index is 10.5. The Labute approximate surface area is 127 Å². The second-order valence-electron chi connectivity index (χ2n) is 6.05. The molecule has 21 heavy (non-hydrogen) atoms. The van der Waals surface area contributed by atoms with Gasteiger partial charge >= 0.3 is 0 Å². The van der Waals surface area contributed by atoms with E-state index in [-0.39, 0.29) is 6.61 Å². The summed E-state index contributed by atoms with van der Waals surface area (Å²) >= 11 is 0. The molecule has 0 amide bonds. The molecule has 2 rings (SSSR count). The monoisotopic (exact) mass is 293 g/mol. The van der Waals surface area contributed by atoms with E-state index in [0.717, 1.165) is 31.4 Å². The molecule has 0 spiro atoms. The molecular formula is C17H27NO3. The van der Waals surface area contributed by atoms with Crippen molar-refractivity contribution in [2.24, 2.45) is 0 Å². The molecular weight excluding hydrogens is 266 g/mol. The number of aliphatic hydroxyl groups is 2. The van der Waals surface area contributed by atoms with Crippen LogP contribution in [0, 0.1) is 0 Å². The summed E-state index contributed by atoms with van der Waals surface area (Å²) in [4.78, 5) is 0. The van der Waals surface area contributed by atoms with Gasteiger partial charge in [0.2, 0.25) is 0 Å². The van der Waals surface area contributed by atoms with Gasteiger partial charge in [-0.05, 0) is 25.0 Å². The van der Waals surface area contributed by atoms with Crippen LogP contribution in [0.3, 0.4) is 0 Å². The number of para-hydroxylation sites is 1. The van der Waals surface area contributed by atoms with Crippen LogP contribution in [-0.4, -0.2) is 41.6 Å². The van der Waals surface area contributed by atoms with Crippen LogP contribution in [0.5, 0.6) is 5.75 Å². The Morgan fingerprint density at radius 3 is 2.43 bits per heavy atom. The molecule has 0 bridgehead atoms. The van der Waals surface area contributed by atoms with Crippen LogP contribution in [-0.2, 0) is 0 Å². The minimum Gasteiger partial charge on any atom is -0.491 e. The van der Waals surface area contributed by atoms with Crippen molar-refractivity contribution < 1.29 is 14.9 Å². The van der Waals surface area contributed by atoms with Crippen molar-refractivity contribution in [1.29, 1.82) is 0 Å². The van der Waals surface area contributed by atoms with Crippen molar-refractivity contribution in [2.75, 3.05) is 19.7 Å². The van der Waals surface area contributed by atoms with E-state index in [2.05, 4.69) is 5.32 Å². The van der Waals surface area contributed by atoms with E-state index in [9.17, 15) is 10.2 Å². The Kier molecular flexibility index (Phi) is 6.49. The van der Waals surface area contributed by atoms with E-state index >= 15 is 0 Å². The first kappa shape index (κ1) is 16.3. The third-order valence-corrected chi connectivity index (χ3v) is 4.05. The number of aliphatic hydroxyl groups excluding tert-OH is 1. The predicted octanol–water partition coefficient (Wildman–Crippen LogP) is 2.10. The Morgan fingerprint density at radius 2 is 1.76 bits per heavy atom. The predicted molar refractivity (Wildman–Crippen MR) is 83.5 cm³/mol. The molecule has 4 nitrogen and oxygen atoms in total. The van der Waals surface area contributed by atoms with Gasteiger partial charge in [0.25, 0.3) is 0 Å². The Bertz CT molecular complexity index is 388. The first-order chi connectivity index (χ1) is 10.2. The molecule has 1 unspecified atom stereocenters. The second kappa shape index (κ2) is 8.37. The smallest absolute Gasteiger partial charge is 0.119 e. The van der Waals surface area contributed by atoms with Crippen LogP contribution in [0.15, 0.2) is 30.3 Å². The quantitative estimate of drug-likeness (QED) is 0.674. The van der Waals surface area contributed by atoms with Crippen molar-refractivity contribution in [2.45, 2.75) is 50.2 Å². The summed E-state index contributed by atoms with van der Waals surface area (Å²) in [6.45, 7) is 1.25. The number of rotatable bonds is 7. The van der Waals surface area contributed by atoms with Crippen molar-refractivity contribution in [3.63, 3.8) is 0 Å². The lowest BCUT2D eigenvalue weighted by Gasteiger charge is -2.27. The van der Waals surface area contributed by atoms with Crippen LogP contribution >= 0.6 is 0 Å². The normalized spacial score (nSPS) is 19.7. The molecule has 1 atom stereocenters. The zero-order valence-electron chi connectivity index (χ0n) is 12.6. The fraction of sp³-hybridized carbons (Fsp3) is 0.647. The highest BCUT2D eigenvalue weighted by Gasteiger charge is 2.27. The third kappa shape index (κ3) is 6.04. The van der Waals surface area contributed by atoms with Crippen molar-refractivity contribution in [3.8, 4) is 5.75 Å². The van der Waals surface area contributed by atoms with Crippen LogP contribution < -0.4 is 10.1 Å². The lowest BCUT2D eigenvalue weighted by molar-refractivity contribution is 0.0204. The van der Waals surface area contributed by atoms with E-state index < -0.39 is 11.7 Å². The zero-order valence-corrected chi connectivity index (χ0v) is 12.6. The average Bonchev–Trinajstić information content (AvgIpc) is 2.71. The molecule has 1 aromatic rings. The van der Waals surface area contributed by atoms with E-state index in [1.807, 2.05) is 30.3 Å². The van der Waals surface area contributed by atoms with Crippen molar-refractivity contribution in [1.82, 2.24) is 5.32 Å². The number of benzene rings is 1. The summed E-state index contributed by atoms with van der Waals surface area (Å²) < 4.78 is 5.50. The van der Waals surface area contributed by atoms with Gasteiger partial charge in [0.15, 0.2) is 0 Å². The molecule has 1 aliphatic rings. The van der Waals surface area contributed by atoms with E-state index in [1.54, 1.807) is 0 Å². The second-order valence-corrected chi connectivity index (χ2v) is 6.05. The van der Waals surface area contributed by atoms with Crippen molar-refractivity contribution >= 4 is 0 Å². The van der Waals surface area contributed by atoms with Gasteiger partial charge in [0, 0.05) is 13.1 Å². The van der Waals surface area contributed by atoms with Crippen molar-refractivity contribution in [3.05, 3.63) is 30.3 Å². The molecule has 4 heteroatoms. The molecule has 0 heterocycles. The van der Waals surface area contributed by atoms with E-state index in [4.69, 9.17) is 4.74 Å². The topological polar surface area (TPSA) is 61.7 Å². The standard InChI is InChI=1S/C17H27NO3/c19-15(13-21-16-8-4-3-5-9-16)12-18-14-17(20)10-6-1-2-7-11-17/h3-5,8-9,15,18-20H,1-2,6-7,10-14H2. The minimum absolute atomic E-state index is 0.259. The molecule has 1 aliphatic carbocycles. The molecule has 0 aromatic heterocycles. The molecule has 118 valence electrons. The van der Waals surface area contributed by atoms with E-state index in [0.29, 0.717) is 13.1 Å². The van der Waals surface area contributed by atoms with Gasteiger partial charge in [-0.3, -0.25) is 0 Å². The summed E-state index contributed by atoms with van der Waals surface area (Å²) in [5.74, 6) is 0.763. The lowest BCUT2D eigenvalue weighted by Crippen LogP contribution is -2.43. The zero-order chi connectivity index (χ0) is 15.0. The first-order valence-electron chi connectivity index (χ1n) is 7.97. The number of nitrogens with one attached hydrogen (secondary N) is 1. The number of hydrogen-bond acceptors (Lipinski definition) is 4. The highest BCUT2D eigenvalue weighted by molar-refractivity contribution is 5.20. The first-order valence-corrected chi connectivity index (χ1v) is 7.97. The molecule has 3 N–H and O–H groups in total. The average molecular weight is 293 g/mol. The highest BCUT2D eigenvalue weighted by Crippen LogP contribution is 2.26. The number of hydrogen-bond donors (Lipinski definition) is 3. The van der Waals surface area contributed by atoms with Gasteiger partial charge in [0.05, 0.1) is 5.60 Å². The third-order valence-electron chi connectivity index (χ3n) is 4.05. The van der Waals surface area contributed by atoms with Gasteiger partial charge in [0.1, 0.15) is 18.5 Å². The Hall–Kier alpha value is -1.10. The Balaban J connectivity index is 1.63. The van der Waals surface area contributed by atoms with Gasteiger partial charge in [-0.25, -0.2) is 0 Å². The summed E-state index contributed by atoms with van der Waals surface area (Å²) in [6.07, 6.45) is 5.77. The summed E-state index contributed by atoms with van der Waals surface area (Å²) in [5.41, 5.74) is -0.601. The van der Waals surface area contributed by atoms with E-state index in [1.165, 1.54) is 12.8 Å². The molecule has 0 aliphatic heterocycles. The number of ether oxygens (including phenoxy) is 1. The fourth-order valence-electron chi connectivity index (χ4n) is 2.80. The van der Waals surface area contributed by atoms with Crippen LogP contribution in [0.4, 0.5) is 0 Å². The molecule has 0 saturated heterocycles. The SMILES string of the molecule is OC(CNCC1(O)CCCCCC1)COc1ccccc1. The molecule has 1 saturated carbocycles. The van der Waals surface area contributed by atoms with Gasteiger partial charge in [-0.1, -0.05) is 43.9 Å². The lowest BCUT2D eigenvalue weighted by atomic mass is 9.94. The van der Waals surface area contributed by atoms with Crippen LogP contribution in [0.25, 0.3) is 0 Å². The highest BCUT2D eigenvalue weighted by atomic mass is 16.5. The largest absolute Gasteiger partial charge is 0.491 e. The maximum atomic E-state index is 10.5. The Morgan fingerprint density at radius 1 is 1.10 bits per heavy atom. The van der Waals surface area contributed by atoms with Crippen LogP contribution in [0.2, 0.25) is 0 Å².